The fraction of sp³-hybridized carbons (Fsp3) is 0.600. The highest BCUT2D eigenvalue weighted by Crippen LogP contribution is 2.08. The minimum Gasteiger partial charge on any atom is -0.478 e. The second-order valence-corrected chi connectivity index (χ2v) is 5.93. The molecule has 0 atom stereocenters. The molecule has 0 saturated carbocycles. The van der Waals surface area contributed by atoms with Gasteiger partial charge in [-0.1, -0.05) is 27.2 Å². The lowest BCUT2D eigenvalue weighted by Crippen LogP contribution is -2.11. The molecular formula is C15H25NO6S. The van der Waals surface area contributed by atoms with E-state index < -0.39 is 16.4 Å². The van der Waals surface area contributed by atoms with Gasteiger partial charge in [0.05, 0.1) is 18.8 Å². The van der Waals surface area contributed by atoms with E-state index in [0.717, 1.165) is 18.4 Å². The number of carboxylic acids is 1. The highest BCUT2D eigenvalue weighted by atomic mass is 32.3. The average molecular weight is 347 g/mol. The quantitative estimate of drug-likeness (QED) is 0.732. The Bertz CT molecular complexity index is 545. The normalized spacial score (nSPS) is 10.7. The lowest BCUT2D eigenvalue weighted by atomic mass is 10.1. The number of aryl methyl sites for hydroxylation is 1. The van der Waals surface area contributed by atoms with Crippen molar-refractivity contribution in [1.29, 1.82) is 0 Å². The van der Waals surface area contributed by atoms with Crippen LogP contribution in [0.3, 0.4) is 0 Å². The predicted molar refractivity (Wildman–Crippen MR) is 86.6 cm³/mol. The topological polar surface area (TPSA) is 103 Å². The van der Waals surface area contributed by atoms with Crippen molar-refractivity contribution in [3.05, 3.63) is 29.6 Å². The van der Waals surface area contributed by atoms with Gasteiger partial charge in [-0.3, -0.25) is 4.98 Å². The summed E-state index contributed by atoms with van der Waals surface area (Å²) < 4.78 is 30.3. The molecule has 1 N–H and O–H groups in total. The summed E-state index contributed by atoms with van der Waals surface area (Å²) >= 11 is 0. The Kier molecular flexibility index (Phi) is 11.2. The van der Waals surface area contributed by atoms with E-state index in [9.17, 15) is 13.2 Å². The molecule has 1 heterocycles. The Balaban J connectivity index is 0.000000423. The van der Waals surface area contributed by atoms with Gasteiger partial charge in [-0.05, 0) is 30.9 Å². The van der Waals surface area contributed by atoms with Crippen molar-refractivity contribution < 1.29 is 26.7 Å². The summed E-state index contributed by atoms with van der Waals surface area (Å²) in [5.74, 6) is -0.874. The minimum absolute atomic E-state index is 0.187. The van der Waals surface area contributed by atoms with Crippen LogP contribution in [0.1, 0.15) is 56.0 Å². The highest BCUT2D eigenvalue weighted by Gasteiger charge is 2.09. The molecule has 0 spiro atoms. The van der Waals surface area contributed by atoms with Crippen molar-refractivity contribution in [3.8, 4) is 0 Å². The molecule has 0 aromatic carbocycles. The third-order valence-corrected chi connectivity index (χ3v) is 3.43. The van der Waals surface area contributed by atoms with Crippen LogP contribution < -0.4 is 0 Å². The number of pyridine rings is 1. The molecule has 1 aromatic heterocycles. The molecule has 0 radical (unpaired) electrons. The zero-order valence-corrected chi connectivity index (χ0v) is 14.6. The van der Waals surface area contributed by atoms with Gasteiger partial charge in [0, 0.05) is 12.4 Å². The number of rotatable bonds is 9. The fourth-order valence-corrected chi connectivity index (χ4v) is 2.32. The van der Waals surface area contributed by atoms with E-state index >= 15 is 0 Å². The van der Waals surface area contributed by atoms with Gasteiger partial charge in [0.1, 0.15) is 0 Å². The average Bonchev–Trinajstić information content (AvgIpc) is 2.52. The summed E-state index contributed by atoms with van der Waals surface area (Å²) in [5, 5.41) is 8.76. The molecule has 8 heteroatoms. The smallest absolute Gasteiger partial charge is 0.399 e. The fourth-order valence-electron chi connectivity index (χ4n) is 1.51. The van der Waals surface area contributed by atoms with Gasteiger partial charge in [-0.2, -0.15) is 8.42 Å². The number of nitrogens with zero attached hydrogens (tertiary/aromatic N) is 1. The Morgan fingerprint density at radius 3 is 2.13 bits per heavy atom. The van der Waals surface area contributed by atoms with Crippen LogP contribution in [0.15, 0.2) is 18.5 Å². The molecule has 0 saturated heterocycles. The molecule has 23 heavy (non-hydrogen) atoms. The van der Waals surface area contributed by atoms with Crippen LogP contribution in [-0.2, 0) is 25.2 Å². The van der Waals surface area contributed by atoms with Crippen LogP contribution in [0, 0.1) is 0 Å². The van der Waals surface area contributed by atoms with E-state index in [1.807, 2.05) is 20.8 Å². The first-order valence-corrected chi connectivity index (χ1v) is 8.91. The highest BCUT2D eigenvalue weighted by molar-refractivity contribution is 7.81. The first-order chi connectivity index (χ1) is 10.9. The number of aromatic carboxylic acids is 1. The molecule has 7 nitrogen and oxygen atoms in total. The van der Waals surface area contributed by atoms with Crippen LogP contribution in [0.25, 0.3) is 0 Å². The monoisotopic (exact) mass is 347 g/mol. The maximum absolute atomic E-state index is 10.7. The number of aromatic nitrogens is 1. The molecule has 1 aromatic rings. The summed E-state index contributed by atoms with van der Waals surface area (Å²) in [6.45, 7) is 6.04. The van der Waals surface area contributed by atoms with Crippen LogP contribution in [-0.4, -0.2) is 37.7 Å². The largest absolute Gasteiger partial charge is 0.478 e. The SMILES string of the molecule is CCCOS(=O)(=O)OCCC.CCCc1cnccc1C(=O)O. The maximum atomic E-state index is 10.7. The molecule has 0 aliphatic heterocycles. The van der Waals surface area contributed by atoms with E-state index in [1.54, 1.807) is 6.20 Å². The third-order valence-electron chi connectivity index (χ3n) is 2.52. The number of hydrogen-bond acceptors (Lipinski definition) is 6. The Morgan fingerprint density at radius 1 is 1.13 bits per heavy atom. The molecule has 0 fully saturated rings. The third kappa shape index (κ3) is 9.98. The lowest BCUT2D eigenvalue weighted by molar-refractivity contribution is 0.0695. The Labute approximate surface area is 138 Å². The minimum atomic E-state index is -3.71. The zero-order valence-electron chi connectivity index (χ0n) is 13.8. The van der Waals surface area contributed by atoms with Crippen molar-refractivity contribution in [2.24, 2.45) is 0 Å². The van der Waals surface area contributed by atoms with E-state index in [0.29, 0.717) is 18.4 Å². The number of carbonyl (C=O) groups is 1. The summed E-state index contributed by atoms with van der Waals surface area (Å²) in [6, 6.07) is 1.54. The molecular weight excluding hydrogens is 322 g/mol. The van der Waals surface area contributed by atoms with E-state index in [4.69, 9.17) is 5.11 Å². The van der Waals surface area contributed by atoms with Crippen LogP contribution >= 0.6 is 0 Å². The molecule has 0 aliphatic carbocycles. The molecule has 132 valence electrons. The van der Waals surface area contributed by atoms with Gasteiger partial charge in [0.25, 0.3) is 0 Å². The van der Waals surface area contributed by atoms with E-state index in [2.05, 4.69) is 13.4 Å². The van der Waals surface area contributed by atoms with Gasteiger partial charge >= 0.3 is 16.4 Å². The van der Waals surface area contributed by atoms with Crippen molar-refractivity contribution >= 4 is 16.4 Å². The second-order valence-electron chi connectivity index (χ2n) is 4.64. The van der Waals surface area contributed by atoms with Gasteiger partial charge in [-0.25, -0.2) is 13.2 Å². The standard InChI is InChI=1S/C9H11NO2.C6H14O4S/c1-2-3-7-6-10-5-4-8(7)9(11)12;1-3-5-9-11(7,8)10-6-4-2/h4-6H,2-3H2,1H3,(H,11,12);3-6H2,1-2H3. The summed E-state index contributed by atoms with van der Waals surface area (Å²) in [6.07, 6.45) is 6.15. The van der Waals surface area contributed by atoms with Crippen molar-refractivity contribution in [2.75, 3.05) is 13.2 Å². The summed E-state index contributed by atoms with van der Waals surface area (Å²) in [5.41, 5.74) is 1.18. The molecule has 1 rings (SSSR count). The maximum Gasteiger partial charge on any atom is 0.399 e. The number of carboxylic acid groups (broad SMARTS) is 1. The second kappa shape index (κ2) is 12.0. The zero-order chi connectivity index (χ0) is 17.7. The van der Waals surface area contributed by atoms with E-state index in [1.165, 1.54) is 12.3 Å². The molecule has 0 aliphatic rings. The van der Waals surface area contributed by atoms with Crippen molar-refractivity contribution in [1.82, 2.24) is 4.98 Å². The molecule has 0 unspecified atom stereocenters. The van der Waals surface area contributed by atoms with Crippen molar-refractivity contribution in [3.63, 3.8) is 0 Å². The van der Waals surface area contributed by atoms with Gasteiger partial charge in [0.15, 0.2) is 0 Å². The van der Waals surface area contributed by atoms with E-state index in [-0.39, 0.29) is 13.2 Å². The number of hydrogen-bond donors (Lipinski definition) is 1. The first kappa shape index (κ1) is 21.5. The van der Waals surface area contributed by atoms with Crippen LogP contribution in [0.5, 0.6) is 0 Å². The lowest BCUT2D eigenvalue weighted by Gasteiger charge is -2.02. The predicted octanol–water partition coefficient (Wildman–Crippen LogP) is 2.82. The van der Waals surface area contributed by atoms with Gasteiger partial charge in [0.2, 0.25) is 0 Å². The summed E-state index contributed by atoms with van der Waals surface area (Å²) in [4.78, 5) is 14.6. The Hall–Kier alpha value is -1.51. The van der Waals surface area contributed by atoms with Crippen molar-refractivity contribution in [2.45, 2.75) is 46.5 Å². The molecule has 0 bridgehead atoms. The summed E-state index contributed by atoms with van der Waals surface area (Å²) in [7, 11) is -3.71. The molecule has 0 amide bonds. The van der Waals surface area contributed by atoms with Crippen LogP contribution in [0.2, 0.25) is 0 Å². The van der Waals surface area contributed by atoms with Crippen LogP contribution in [0.4, 0.5) is 0 Å². The first-order valence-electron chi connectivity index (χ1n) is 7.57. The van der Waals surface area contributed by atoms with Gasteiger partial charge < -0.3 is 5.11 Å². The Morgan fingerprint density at radius 2 is 1.70 bits per heavy atom. The van der Waals surface area contributed by atoms with Gasteiger partial charge in [-0.15, -0.1) is 0 Å².